The van der Waals surface area contributed by atoms with E-state index in [9.17, 15) is 4.79 Å². The highest BCUT2D eigenvalue weighted by Crippen LogP contribution is 2.27. The first-order valence-corrected chi connectivity index (χ1v) is 8.81. The second-order valence-corrected chi connectivity index (χ2v) is 6.37. The van der Waals surface area contributed by atoms with Crippen LogP contribution in [0, 0.1) is 0 Å². The van der Waals surface area contributed by atoms with Crippen molar-refractivity contribution >= 4 is 5.91 Å². The van der Waals surface area contributed by atoms with E-state index in [1.165, 1.54) is 11.3 Å². The molecule has 1 heterocycles. The summed E-state index contributed by atoms with van der Waals surface area (Å²) < 4.78 is 1.94. The second-order valence-electron chi connectivity index (χ2n) is 6.37. The number of para-hydroxylation sites is 1. The van der Waals surface area contributed by atoms with Gasteiger partial charge in [-0.25, -0.2) is 4.68 Å². The van der Waals surface area contributed by atoms with E-state index in [-0.39, 0.29) is 5.91 Å². The highest BCUT2D eigenvalue weighted by Gasteiger charge is 2.26. The summed E-state index contributed by atoms with van der Waals surface area (Å²) >= 11 is 0. The molecule has 0 aliphatic heterocycles. The lowest BCUT2D eigenvalue weighted by atomic mass is 10.1. The van der Waals surface area contributed by atoms with Gasteiger partial charge in [0.1, 0.15) is 0 Å². The Bertz CT molecular complexity index is 869. The van der Waals surface area contributed by atoms with E-state index in [0.29, 0.717) is 12.2 Å². The molecule has 3 aromatic rings. The van der Waals surface area contributed by atoms with Crippen molar-refractivity contribution in [1.29, 1.82) is 0 Å². The number of hydrogen-bond donors (Lipinski definition) is 1. The molecule has 25 heavy (non-hydrogen) atoms. The number of carbonyl (C=O) groups is 1. The molecule has 0 unspecified atom stereocenters. The quantitative estimate of drug-likeness (QED) is 0.779. The summed E-state index contributed by atoms with van der Waals surface area (Å²) in [7, 11) is 0. The van der Waals surface area contributed by atoms with Crippen LogP contribution in [0.2, 0.25) is 0 Å². The fourth-order valence-corrected chi connectivity index (χ4v) is 3.45. The normalized spacial score (nSPS) is 12.8. The Morgan fingerprint density at radius 3 is 2.48 bits per heavy atom. The number of carbonyl (C=O) groups excluding carboxylic acids is 1. The number of aromatic nitrogens is 2. The van der Waals surface area contributed by atoms with Gasteiger partial charge in [0.2, 0.25) is 0 Å². The summed E-state index contributed by atoms with van der Waals surface area (Å²) in [5.74, 6) is -0.0660. The third kappa shape index (κ3) is 3.20. The van der Waals surface area contributed by atoms with Gasteiger partial charge >= 0.3 is 0 Å². The molecule has 1 aliphatic carbocycles. The van der Waals surface area contributed by atoms with Gasteiger partial charge < -0.3 is 5.32 Å². The first kappa shape index (κ1) is 15.6. The SMILES string of the molecule is O=C(NCCc1ccccc1)c1nn(-c2ccccc2)c2c1CCC2. The van der Waals surface area contributed by atoms with Crippen LogP contribution in [-0.4, -0.2) is 22.2 Å². The molecule has 1 aliphatic rings. The fourth-order valence-electron chi connectivity index (χ4n) is 3.45. The number of nitrogens with one attached hydrogen (secondary N) is 1. The van der Waals surface area contributed by atoms with Crippen LogP contribution in [0.1, 0.15) is 33.7 Å². The molecule has 126 valence electrons. The molecule has 4 heteroatoms. The molecule has 4 rings (SSSR count). The molecule has 4 nitrogen and oxygen atoms in total. The Morgan fingerprint density at radius 1 is 1.00 bits per heavy atom. The van der Waals surface area contributed by atoms with Crippen LogP contribution in [0.5, 0.6) is 0 Å². The maximum atomic E-state index is 12.7. The van der Waals surface area contributed by atoms with Crippen LogP contribution >= 0.6 is 0 Å². The van der Waals surface area contributed by atoms with E-state index in [4.69, 9.17) is 0 Å². The monoisotopic (exact) mass is 331 g/mol. The lowest BCUT2D eigenvalue weighted by Gasteiger charge is -2.05. The number of benzene rings is 2. The van der Waals surface area contributed by atoms with Crippen LogP contribution < -0.4 is 5.32 Å². The van der Waals surface area contributed by atoms with E-state index in [0.717, 1.165) is 36.9 Å². The number of rotatable bonds is 5. The van der Waals surface area contributed by atoms with Gasteiger partial charge in [0, 0.05) is 17.8 Å². The summed E-state index contributed by atoms with van der Waals surface area (Å²) in [6, 6.07) is 20.2. The van der Waals surface area contributed by atoms with Crippen molar-refractivity contribution in [2.45, 2.75) is 25.7 Å². The van der Waals surface area contributed by atoms with Gasteiger partial charge in [0.25, 0.3) is 5.91 Å². The molecule has 1 amide bonds. The summed E-state index contributed by atoms with van der Waals surface area (Å²) in [6.07, 6.45) is 3.83. The van der Waals surface area contributed by atoms with Crippen molar-refractivity contribution in [1.82, 2.24) is 15.1 Å². The highest BCUT2D eigenvalue weighted by molar-refractivity contribution is 5.94. The fraction of sp³-hybridized carbons (Fsp3) is 0.238. The third-order valence-electron chi connectivity index (χ3n) is 4.69. The Balaban J connectivity index is 1.51. The van der Waals surface area contributed by atoms with Crippen LogP contribution in [0.25, 0.3) is 5.69 Å². The zero-order chi connectivity index (χ0) is 17.1. The van der Waals surface area contributed by atoms with Crippen molar-refractivity contribution in [2.75, 3.05) is 6.54 Å². The zero-order valence-electron chi connectivity index (χ0n) is 14.1. The predicted molar refractivity (Wildman–Crippen MR) is 98.1 cm³/mol. The Morgan fingerprint density at radius 2 is 1.72 bits per heavy atom. The third-order valence-corrected chi connectivity index (χ3v) is 4.69. The molecule has 0 fully saturated rings. The van der Waals surface area contributed by atoms with Gasteiger partial charge in [-0.15, -0.1) is 0 Å². The minimum atomic E-state index is -0.0660. The van der Waals surface area contributed by atoms with Crippen molar-refractivity contribution < 1.29 is 4.79 Å². The van der Waals surface area contributed by atoms with Crippen LogP contribution in [0.15, 0.2) is 60.7 Å². The average molecular weight is 331 g/mol. The Hall–Kier alpha value is -2.88. The van der Waals surface area contributed by atoms with Gasteiger partial charge in [-0.05, 0) is 43.4 Å². The second kappa shape index (κ2) is 6.93. The summed E-state index contributed by atoms with van der Waals surface area (Å²) in [6.45, 7) is 0.621. The van der Waals surface area contributed by atoms with Crippen molar-refractivity contribution in [3.8, 4) is 5.69 Å². The summed E-state index contributed by atoms with van der Waals surface area (Å²) in [5.41, 5.74) is 5.12. The highest BCUT2D eigenvalue weighted by atomic mass is 16.1. The number of amides is 1. The lowest BCUT2D eigenvalue weighted by Crippen LogP contribution is -2.27. The minimum Gasteiger partial charge on any atom is -0.350 e. The first-order chi connectivity index (χ1) is 12.3. The predicted octanol–water partition coefficient (Wildman–Crippen LogP) is 3.33. The van der Waals surface area contributed by atoms with E-state index in [1.807, 2.05) is 53.2 Å². The average Bonchev–Trinajstić information content (AvgIpc) is 3.26. The Labute approximate surface area is 147 Å². The largest absolute Gasteiger partial charge is 0.350 e. The van der Waals surface area contributed by atoms with Crippen molar-refractivity contribution in [3.63, 3.8) is 0 Å². The smallest absolute Gasteiger partial charge is 0.272 e. The molecule has 0 atom stereocenters. The molecule has 0 radical (unpaired) electrons. The van der Waals surface area contributed by atoms with Gasteiger partial charge in [-0.2, -0.15) is 5.10 Å². The van der Waals surface area contributed by atoms with Crippen LogP contribution in [-0.2, 0) is 19.3 Å². The van der Waals surface area contributed by atoms with Gasteiger partial charge in [0.05, 0.1) is 5.69 Å². The van der Waals surface area contributed by atoms with E-state index in [1.54, 1.807) is 0 Å². The maximum absolute atomic E-state index is 12.7. The van der Waals surface area contributed by atoms with E-state index in [2.05, 4.69) is 22.5 Å². The summed E-state index contributed by atoms with van der Waals surface area (Å²) in [5, 5.41) is 7.66. The number of nitrogens with zero attached hydrogens (tertiary/aromatic N) is 2. The van der Waals surface area contributed by atoms with E-state index >= 15 is 0 Å². The lowest BCUT2D eigenvalue weighted by molar-refractivity contribution is 0.0948. The summed E-state index contributed by atoms with van der Waals surface area (Å²) in [4.78, 5) is 12.7. The van der Waals surface area contributed by atoms with Gasteiger partial charge in [-0.1, -0.05) is 48.5 Å². The van der Waals surface area contributed by atoms with Crippen LogP contribution in [0.3, 0.4) is 0 Å². The van der Waals surface area contributed by atoms with Gasteiger partial charge in [0.15, 0.2) is 5.69 Å². The molecule has 0 bridgehead atoms. The van der Waals surface area contributed by atoms with E-state index < -0.39 is 0 Å². The maximum Gasteiger partial charge on any atom is 0.272 e. The first-order valence-electron chi connectivity index (χ1n) is 8.81. The zero-order valence-corrected chi connectivity index (χ0v) is 14.1. The molecule has 1 aromatic heterocycles. The van der Waals surface area contributed by atoms with Crippen LogP contribution in [0.4, 0.5) is 0 Å². The standard InChI is InChI=1S/C21H21N3O/c25-21(22-15-14-16-8-3-1-4-9-16)20-18-12-7-13-19(18)24(23-20)17-10-5-2-6-11-17/h1-6,8-11H,7,12-15H2,(H,22,25). The topological polar surface area (TPSA) is 46.9 Å². The minimum absolute atomic E-state index is 0.0660. The molecule has 0 saturated carbocycles. The Kier molecular flexibility index (Phi) is 4.34. The molecular weight excluding hydrogens is 310 g/mol. The van der Waals surface area contributed by atoms with Gasteiger partial charge in [-0.3, -0.25) is 4.79 Å². The molecular formula is C21H21N3O. The molecule has 0 spiro atoms. The van der Waals surface area contributed by atoms with Crippen molar-refractivity contribution in [2.24, 2.45) is 0 Å². The van der Waals surface area contributed by atoms with Crippen molar-refractivity contribution in [3.05, 3.63) is 83.2 Å². The molecule has 2 aromatic carbocycles. The number of hydrogen-bond acceptors (Lipinski definition) is 2. The molecule has 0 saturated heterocycles. The molecule has 1 N–H and O–H groups in total. The number of fused-ring (bicyclic) bond motifs is 1.